The van der Waals surface area contributed by atoms with Crippen molar-refractivity contribution in [2.24, 2.45) is 0 Å². The third-order valence-electron chi connectivity index (χ3n) is 5.94. The van der Waals surface area contributed by atoms with Crippen molar-refractivity contribution in [1.29, 1.82) is 0 Å². The minimum absolute atomic E-state index is 0.0563. The van der Waals surface area contributed by atoms with Crippen LogP contribution in [0.1, 0.15) is 24.1 Å². The third-order valence-corrected chi connectivity index (χ3v) is 5.94. The lowest BCUT2D eigenvalue weighted by atomic mass is 9.98. The van der Waals surface area contributed by atoms with E-state index in [9.17, 15) is 4.79 Å². The Bertz CT molecular complexity index is 789. The molecule has 0 aromatic heterocycles. The van der Waals surface area contributed by atoms with Gasteiger partial charge >= 0.3 is 0 Å². The third kappa shape index (κ3) is 4.21. The Morgan fingerprint density at radius 1 is 1.11 bits per heavy atom. The number of carbonyl (C=O) groups excluding carboxylic acids is 1. The number of hydrogen-bond donors (Lipinski definition) is 2. The number of ether oxygens (including phenoxy) is 1. The molecule has 28 heavy (non-hydrogen) atoms. The Morgan fingerprint density at radius 2 is 1.82 bits per heavy atom. The molecule has 0 bridgehead atoms. The number of para-hydroxylation sites is 1. The molecule has 4 rings (SSSR count). The molecule has 1 saturated heterocycles. The number of amides is 1. The summed E-state index contributed by atoms with van der Waals surface area (Å²) < 4.78 is 5.55. The smallest absolute Gasteiger partial charge is 0.239 e. The van der Waals surface area contributed by atoms with Crippen molar-refractivity contribution in [3.63, 3.8) is 0 Å². The number of fused-ring (bicyclic) bond motifs is 1. The molecule has 0 saturated carbocycles. The van der Waals surface area contributed by atoms with Gasteiger partial charge in [0.25, 0.3) is 0 Å². The zero-order chi connectivity index (χ0) is 19.3. The molecule has 2 aromatic carbocycles. The number of benzene rings is 2. The van der Waals surface area contributed by atoms with Gasteiger partial charge in [-0.2, -0.15) is 0 Å². The normalized spacial score (nSPS) is 19.1. The molecule has 5 heteroatoms. The highest BCUT2D eigenvalue weighted by Gasteiger charge is 2.32. The van der Waals surface area contributed by atoms with E-state index in [1.54, 1.807) is 0 Å². The van der Waals surface area contributed by atoms with Crippen LogP contribution in [0.15, 0.2) is 54.6 Å². The van der Waals surface area contributed by atoms with Gasteiger partial charge in [0, 0.05) is 17.8 Å². The van der Waals surface area contributed by atoms with Crippen LogP contribution in [0.2, 0.25) is 0 Å². The van der Waals surface area contributed by atoms with Crippen LogP contribution in [-0.4, -0.2) is 51.3 Å². The van der Waals surface area contributed by atoms with Gasteiger partial charge in [0.15, 0.2) is 0 Å². The molecule has 148 valence electrons. The fourth-order valence-corrected chi connectivity index (χ4v) is 4.61. The Kier molecular flexibility index (Phi) is 5.93. The van der Waals surface area contributed by atoms with Crippen LogP contribution in [0.4, 0.5) is 5.69 Å². The summed E-state index contributed by atoms with van der Waals surface area (Å²) in [6.45, 7) is 6.97. The molecule has 2 aliphatic rings. The first-order valence-electron chi connectivity index (χ1n) is 10.3. The van der Waals surface area contributed by atoms with E-state index in [-0.39, 0.29) is 18.0 Å². The molecule has 0 radical (unpaired) electrons. The van der Waals surface area contributed by atoms with Crippen LogP contribution in [0.25, 0.3) is 0 Å². The summed E-state index contributed by atoms with van der Waals surface area (Å²) in [4.78, 5) is 16.5. The van der Waals surface area contributed by atoms with Gasteiger partial charge in [-0.15, -0.1) is 0 Å². The highest BCUT2D eigenvalue weighted by atomic mass is 16.5. The van der Waals surface area contributed by atoms with Crippen LogP contribution >= 0.6 is 0 Å². The Hall–Kier alpha value is -2.37. The fourth-order valence-electron chi connectivity index (χ4n) is 4.61. The average Bonchev–Trinajstić information content (AvgIpc) is 3.12. The topological polar surface area (TPSA) is 46.0 Å². The monoisotopic (exact) mass is 380 g/mol. The summed E-state index contributed by atoms with van der Waals surface area (Å²) in [6.07, 6.45) is 1.02. The highest BCUT2D eigenvalue weighted by Crippen LogP contribution is 2.26. The molecule has 1 amide bonds. The number of hydrogen-bond acceptors (Lipinski definition) is 3. The van der Waals surface area contributed by atoms with Gasteiger partial charge in [0.2, 0.25) is 5.91 Å². The number of carbonyl (C=O) groups is 1. The number of rotatable bonds is 6. The number of anilines is 1. The quantitative estimate of drug-likeness (QED) is 0.792. The second-order valence-electron chi connectivity index (χ2n) is 7.82. The molecule has 0 spiro atoms. The molecule has 0 aliphatic carbocycles. The van der Waals surface area contributed by atoms with Crippen molar-refractivity contribution in [3.8, 4) is 0 Å². The van der Waals surface area contributed by atoms with Crippen LogP contribution in [0.3, 0.4) is 0 Å². The van der Waals surface area contributed by atoms with Gasteiger partial charge in [-0.05, 0) is 25.0 Å². The van der Waals surface area contributed by atoms with Gasteiger partial charge in [-0.3, -0.25) is 4.79 Å². The largest absolute Gasteiger partial charge is 0.370 e. The summed E-state index contributed by atoms with van der Waals surface area (Å²) >= 11 is 0. The first-order valence-corrected chi connectivity index (χ1v) is 10.3. The maximum absolute atomic E-state index is 12.9. The van der Waals surface area contributed by atoms with E-state index in [0.717, 1.165) is 39.3 Å². The second-order valence-corrected chi connectivity index (χ2v) is 7.82. The molecule has 2 N–H and O–H groups in total. The number of nitrogens with one attached hydrogen (secondary N) is 2. The molecule has 2 atom stereocenters. The maximum atomic E-state index is 12.9. The lowest BCUT2D eigenvalue weighted by molar-refractivity contribution is -0.940. The van der Waals surface area contributed by atoms with Gasteiger partial charge in [0.1, 0.15) is 19.1 Å². The lowest BCUT2D eigenvalue weighted by Crippen LogP contribution is -3.15. The van der Waals surface area contributed by atoms with Gasteiger partial charge in [-0.1, -0.05) is 48.5 Å². The predicted octanol–water partition coefficient (Wildman–Crippen LogP) is 1.21. The summed E-state index contributed by atoms with van der Waals surface area (Å²) in [5, 5.41) is 3.29. The Balaban J connectivity index is 1.44. The van der Waals surface area contributed by atoms with Crippen molar-refractivity contribution in [2.75, 3.05) is 44.3 Å². The van der Waals surface area contributed by atoms with E-state index >= 15 is 0 Å². The standard InChI is InChI=1S/C23H29N3O2/c1-18(23(20-8-3-2-4-9-20)25-13-15-28-16-14-25)24-22(27)17-26-12-11-19-7-5-6-10-21(19)26/h2-10,18,23H,11-17H2,1H3,(H,24,27)/p+1/t18-,23-/m0/s1. The fraction of sp³-hybridized carbons (Fsp3) is 0.435. The van der Waals surface area contributed by atoms with E-state index in [1.165, 1.54) is 21.7 Å². The van der Waals surface area contributed by atoms with Gasteiger partial charge in [-0.25, -0.2) is 0 Å². The van der Waals surface area contributed by atoms with Crippen LogP contribution in [0, 0.1) is 0 Å². The van der Waals surface area contributed by atoms with Gasteiger partial charge in [0.05, 0.1) is 25.8 Å². The molecular formula is C23H30N3O2+. The SMILES string of the molecule is C[C@H](NC(=O)CN1CCc2ccccc21)[C@@H](c1ccccc1)[NH+]1CCOCC1. The predicted molar refractivity (Wildman–Crippen MR) is 111 cm³/mol. The molecule has 1 fully saturated rings. The summed E-state index contributed by atoms with van der Waals surface area (Å²) in [6, 6.07) is 19.2. The molecule has 0 unspecified atom stereocenters. The first-order chi connectivity index (χ1) is 13.7. The minimum Gasteiger partial charge on any atom is -0.370 e. The summed E-state index contributed by atoms with van der Waals surface area (Å²) in [5.74, 6) is 0.0952. The highest BCUT2D eigenvalue weighted by molar-refractivity contribution is 5.82. The second kappa shape index (κ2) is 8.76. The van der Waals surface area contributed by atoms with E-state index in [2.05, 4.69) is 59.6 Å². The summed E-state index contributed by atoms with van der Waals surface area (Å²) in [7, 11) is 0. The lowest BCUT2D eigenvalue weighted by Gasteiger charge is -2.35. The average molecular weight is 381 g/mol. The van der Waals surface area contributed by atoms with E-state index in [4.69, 9.17) is 4.74 Å². The number of quaternary nitrogens is 1. The summed E-state index contributed by atoms with van der Waals surface area (Å²) in [5.41, 5.74) is 3.81. The Labute approximate surface area is 167 Å². The molecule has 2 aliphatic heterocycles. The zero-order valence-electron chi connectivity index (χ0n) is 16.6. The van der Waals surface area contributed by atoms with Crippen molar-refractivity contribution >= 4 is 11.6 Å². The number of morpholine rings is 1. The van der Waals surface area contributed by atoms with Crippen molar-refractivity contribution in [2.45, 2.75) is 25.4 Å². The first kappa shape index (κ1) is 19.0. The molecular weight excluding hydrogens is 350 g/mol. The van der Waals surface area contributed by atoms with Gasteiger partial charge < -0.3 is 19.9 Å². The van der Waals surface area contributed by atoms with Crippen molar-refractivity contribution in [1.82, 2.24) is 5.32 Å². The molecule has 5 nitrogen and oxygen atoms in total. The maximum Gasteiger partial charge on any atom is 0.239 e. The zero-order valence-corrected chi connectivity index (χ0v) is 16.6. The Morgan fingerprint density at radius 3 is 2.61 bits per heavy atom. The van der Waals surface area contributed by atoms with Crippen molar-refractivity contribution in [3.05, 3.63) is 65.7 Å². The van der Waals surface area contributed by atoms with Crippen molar-refractivity contribution < 1.29 is 14.4 Å². The van der Waals surface area contributed by atoms with E-state index in [0.29, 0.717) is 6.54 Å². The van der Waals surface area contributed by atoms with E-state index < -0.39 is 0 Å². The molecule has 2 aromatic rings. The van der Waals surface area contributed by atoms with Crippen LogP contribution < -0.4 is 15.1 Å². The van der Waals surface area contributed by atoms with Crippen LogP contribution in [-0.2, 0) is 16.0 Å². The van der Waals surface area contributed by atoms with E-state index in [1.807, 2.05) is 12.1 Å². The van der Waals surface area contributed by atoms with Crippen LogP contribution in [0.5, 0.6) is 0 Å². The minimum atomic E-state index is 0.0563. The number of nitrogens with zero attached hydrogens (tertiary/aromatic N) is 1. The molecule has 2 heterocycles.